The van der Waals surface area contributed by atoms with E-state index in [1.807, 2.05) is 24.5 Å². The van der Waals surface area contributed by atoms with Crippen molar-refractivity contribution in [3.8, 4) is 0 Å². The lowest BCUT2D eigenvalue weighted by Gasteiger charge is -2.21. The molecule has 0 aromatic heterocycles. The zero-order chi connectivity index (χ0) is 10.1. The molecule has 0 saturated heterocycles. The predicted octanol–water partition coefficient (Wildman–Crippen LogP) is 2.38. The lowest BCUT2D eigenvalue weighted by molar-refractivity contribution is 0.0967. The molecular weight excluding hydrogens is 194 g/mol. The van der Waals surface area contributed by atoms with Gasteiger partial charge in [-0.2, -0.15) is 0 Å². The summed E-state index contributed by atoms with van der Waals surface area (Å²) in [7, 11) is 0. The monoisotopic (exact) mass is 207 g/mol. The van der Waals surface area contributed by atoms with Crippen LogP contribution in [0, 0.1) is 0 Å². The number of ketones is 1. The molecule has 0 saturated carbocycles. The molecule has 0 bridgehead atoms. The highest BCUT2D eigenvalue weighted by atomic mass is 32.2. The zero-order valence-corrected chi connectivity index (χ0v) is 8.93. The second-order valence-corrected chi connectivity index (χ2v) is 4.40. The molecule has 2 rings (SSSR count). The summed E-state index contributed by atoms with van der Waals surface area (Å²) in [5.74, 6) is 0.234. The first-order chi connectivity index (χ1) is 6.72. The standard InChI is InChI=1S/C11H13NOS/c1-14-7-2-3-8-9(6-7)11(13)5-4-10(8)12/h2-3,6,10H,4-5,12H2,1H3. The van der Waals surface area contributed by atoms with Gasteiger partial charge in [-0.05, 0) is 30.4 Å². The minimum atomic E-state index is 0.0404. The van der Waals surface area contributed by atoms with Gasteiger partial charge >= 0.3 is 0 Å². The Bertz CT molecular complexity index is 376. The summed E-state index contributed by atoms with van der Waals surface area (Å²) in [6.45, 7) is 0. The second kappa shape index (κ2) is 3.75. The molecule has 14 heavy (non-hydrogen) atoms. The first-order valence-electron chi connectivity index (χ1n) is 4.69. The molecule has 1 atom stereocenters. The molecule has 2 N–H and O–H groups in total. The minimum absolute atomic E-state index is 0.0404. The van der Waals surface area contributed by atoms with Crippen LogP contribution in [0.25, 0.3) is 0 Å². The Morgan fingerprint density at radius 3 is 3.00 bits per heavy atom. The first-order valence-corrected chi connectivity index (χ1v) is 5.91. The Balaban J connectivity index is 2.50. The van der Waals surface area contributed by atoms with E-state index in [4.69, 9.17) is 5.73 Å². The lowest BCUT2D eigenvalue weighted by Crippen LogP contribution is -2.21. The summed E-state index contributed by atoms with van der Waals surface area (Å²) in [4.78, 5) is 12.8. The SMILES string of the molecule is CSc1ccc2c(c1)C(=O)CCC2N. The van der Waals surface area contributed by atoms with Gasteiger partial charge in [0, 0.05) is 22.9 Å². The number of fused-ring (bicyclic) bond motifs is 1. The molecule has 0 aliphatic heterocycles. The zero-order valence-electron chi connectivity index (χ0n) is 8.12. The fraction of sp³-hybridized carbons (Fsp3) is 0.364. The van der Waals surface area contributed by atoms with Crippen LogP contribution in [0.15, 0.2) is 23.1 Å². The van der Waals surface area contributed by atoms with E-state index in [1.165, 1.54) is 0 Å². The topological polar surface area (TPSA) is 43.1 Å². The molecule has 1 aliphatic carbocycles. The van der Waals surface area contributed by atoms with E-state index in [1.54, 1.807) is 11.8 Å². The number of thioether (sulfide) groups is 1. The normalized spacial score (nSPS) is 20.7. The highest BCUT2D eigenvalue weighted by Crippen LogP contribution is 2.30. The number of hydrogen-bond donors (Lipinski definition) is 1. The van der Waals surface area contributed by atoms with Crippen molar-refractivity contribution in [2.24, 2.45) is 5.73 Å². The molecule has 74 valence electrons. The number of carbonyl (C=O) groups excluding carboxylic acids is 1. The number of hydrogen-bond acceptors (Lipinski definition) is 3. The van der Waals surface area contributed by atoms with E-state index >= 15 is 0 Å². The number of nitrogens with two attached hydrogens (primary N) is 1. The van der Waals surface area contributed by atoms with E-state index in [0.717, 1.165) is 22.4 Å². The highest BCUT2D eigenvalue weighted by Gasteiger charge is 2.22. The van der Waals surface area contributed by atoms with Gasteiger partial charge in [0.15, 0.2) is 5.78 Å². The van der Waals surface area contributed by atoms with Crippen molar-refractivity contribution in [1.82, 2.24) is 0 Å². The van der Waals surface area contributed by atoms with Gasteiger partial charge in [0.2, 0.25) is 0 Å². The highest BCUT2D eigenvalue weighted by molar-refractivity contribution is 7.98. The van der Waals surface area contributed by atoms with Gasteiger partial charge in [-0.3, -0.25) is 4.79 Å². The van der Waals surface area contributed by atoms with Crippen LogP contribution in [-0.4, -0.2) is 12.0 Å². The third-order valence-electron chi connectivity index (χ3n) is 2.64. The Morgan fingerprint density at radius 2 is 2.29 bits per heavy atom. The van der Waals surface area contributed by atoms with Gasteiger partial charge in [0.05, 0.1) is 0 Å². The van der Waals surface area contributed by atoms with Crippen molar-refractivity contribution in [3.63, 3.8) is 0 Å². The third kappa shape index (κ3) is 1.57. The molecule has 1 unspecified atom stereocenters. The van der Waals surface area contributed by atoms with Gasteiger partial charge in [-0.1, -0.05) is 6.07 Å². The number of Topliss-reactive ketones (excluding diaryl/α,β-unsaturated/α-hetero) is 1. The van der Waals surface area contributed by atoms with E-state index in [2.05, 4.69) is 0 Å². The van der Waals surface area contributed by atoms with E-state index in [-0.39, 0.29) is 11.8 Å². The summed E-state index contributed by atoms with van der Waals surface area (Å²) >= 11 is 1.65. The molecular formula is C11H13NOS. The van der Waals surface area contributed by atoms with Crippen molar-refractivity contribution in [2.75, 3.05) is 6.26 Å². The Labute approximate surface area is 87.9 Å². The van der Waals surface area contributed by atoms with Crippen LogP contribution in [0.4, 0.5) is 0 Å². The number of benzene rings is 1. The van der Waals surface area contributed by atoms with Crippen LogP contribution in [0.3, 0.4) is 0 Å². The van der Waals surface area contributed by atoms with E-state index < -0.39 is 0 Å². The van der Waals surface area contributed by atoms with Gasteiger partial charge in [0.25, 0.3) is 0 Å². The predicted molar refractivity (Wildman–Crippen MR) is 58.7 cm³/mol. The number of rotatable bonds is 1. The summed E-state index contributed by atoms with van der Waals surface area (Å²) < 4.78 is 0. The second-order valence-electron chi connectivity index (χ2n) is 3.52. The average molecular weight is 207 g/mol. The molecule has 1 aromatic rings. The third-order valence-corrected chi connectivity index (χ3v) is 3.37. The smallest absolute Gasteiger partial charge is 0.163 e. The fourth-order valence-corrected chi connectivity index (χ4v) is 2.24. The van der Waals surface area contributed by atoms with Crippen LogP contribution in [0.1, 0.15) is 34.8 Å². The maximum absolute atomic E-state index is 11.6. The van der Waals surface area contributed by atoms with Crippen molar-refractivity contribution >= 4 is 17.5 Å². The van der Waals surface area contributed by atoms with Crippen LogP contribution < -0.4 is 5.73 Å². The molecule has 1 aliphatic rings. The van der Waals surface area contributed by atoms with E-state index in [9.17, 15) is 4.79 Å². The summed E-state index contributed by atoms with van der Waals surface area (Å²) in [5, 5.41) is 0. The molecule has 0 fully saturated rings. The van der Waals surface area contributed by atoms with Crippen LogP contribution in [0.5, 0.6) is 0 Å². The Kier molecular flexibility index (Phi) is 2.61. The molecule has 0 heterocycles. The van der Waals surface area contributed by atoms with Gasteiger partial charge < -0.3 is 5.73 Å². The van der Waals surface area contributed by atoms with E-state index in [0.29, 0.717) is 6.42 Å². The average Bonchev–Trinajstić information content (AvgIpc) is 2.23. The summed E-state index contributed by atoms with van der Waals surface area (Å²) in [6.07, 6.45) is 3.38. The minimum Gasteiger partial charge on any atom is -0.324 e. The van der Waals surface area contributed by atoms with Crippen molar-refractivity contribution in [3.05, 3.63) is 29.3 Å². The van der Waals surface area contributed by atoms with Crippen LogP contribution >= 0.6 is 11.8 Å². The van der Waals surface area contributed by atoms with Crippen molar-refractivity contribution in [2.45, 2.75) is 23.8 Å². The van der Waals surface area contributed by atoms with Gasteiger partial charge in [-0.25, -0.2) is 0 Å². The van der Waals surface area contributed by atoms with Gasteiger partial charge in [-0.15, -0.1) is 11.8 Å². The molecule has 0 radical (unpaired) electrons. The largest absolute Gasteiger partial charge is 0.324 e. The maximum atomic E-state index is 11.6. The van der Waals surface area contributed by atoms with Crippen LogP contribution in [-0.2, 0) is 0 Å². The Morgan fingerprint density at radius 1 is 1.50 bits per heavy atom. The van der Waals surface area contributed by atoms with Crippen LogP contribution in [0.2, 0.25) is 0 Å². The summed E-state index contributed by atoms with van der Waals surface area (Å²) in [5.41, 5.74) is 7.78. The first kappa shape index (κ1) is 9.74. The molecule has 1 aromatic carbocycles. The van der Waals surface area contributed by atoms with Crippen molar-refractivity contribution < 1.29 is 4.79 Å². The lowest BCUT2D eigenvalue weighted by atomic mass is 9.87. The number of carbonyl (C=O) groups is 1. The maximum Gasteiger partial charge on any atom is 0.163 e. The molecule has 0 amide bonds. The Hall–Kier alpha value is -0.800. The van der Waals surface area contributed by atoms with Gasteiger partial charge in [0.1, 0.15) is 0 Å². The quantitative estimate of drug-likeness (QED) is 0.719. The fourth-order valence-electron chi connectivity index (χ4n) is 1.80. The molecule has 0 spiro atoms. The summed E-state index contributed by atoms with van der Waals surface area (Å²) in [6, 6.07) is 6.02. The van der Waals surface area contributed by atoms with Crippen molar-refractivity contribution in [1.29, 1.82) is 0 Å². The molecule has 3 heteroatoms. The molecule has 2 nitrogen and oxygen atoms in total.